The molecule has 0 N–H and O–H groups in total. The molecule has 1 aliphatic rings. The number of para-hydroxylation sites is 4. The highest BCUT2D eigenvalue weighted by Crippen LogP contribution is 2.48. The molecule has 5 heteroatoms. The van der Waals surface area contributed by atoms with E-state index in [1.807, 2.05) is 24.3 Å². The maximum absolute atomic E-state index is 6.54. The van der Waals surface area contributed by atoms with Gasteiger partial charge in [-0.05, 0) is 52.6 Å². The SMILES string of the molecule is c1ccc(-c2ccc(-c3nc(-n4c5ccccc5c5cc6c(cc54)c4cccc5c4n6-c4ccccc4-c4ccccc4-5)nc4oc5ccccc5c34)cc2)cc1. The summed E-state index contributed by atoms with van der Waals surface area (Å²) in [4.78, 5) is 10.7. The van der Waals surface area contributed by atoms with Gasteiger partial charge in [-0.15, -0.1) is 0 Å². The Labute approximate surface area is 326 Å². The molecule has 8 aromatic carbocycles. The quantitative estimate of drug-likeness (QED) is 0.182. The number of hydrogen-bond donors (Lipinski definition) is 0. The molecule has 5 nitrogen and oxygen atoms in total. The van der Waals surface area contributed by atoms with Crippen molar-refractivity contribution in [3.63, 3.8) is 0 Å². The van der Waals surface area contributed by atoms with E-state index in [1.54, 1.807) is 0 Å². The highest BCUT2D eigenvalue weighted by molar-refractivity contribution is 6.22. The zero-order chi connectivity index (χ0) is 37.2. The molecule has 0 bridgehead atoms. The fourth-order valence-corrected chi connectivity index (χ4v) is 9.43. The van der Waals surface area contributed by atoms with Gasteiger partial charge in [-0.25, -0.2) is 4.98 Å². The Kier molecular flexibility index (Phi) is 6.10. The van der Waals surface area contributed by atoms with Crippen LogP contribution in [0, 0.1) is 0 Å². The fraction of sp³-hybridized carbons (Fsp3) is 0. The van der Waals surface area contributed by atoms with E-state index < -0.39 is 0 Å². The van der Waals surface area contributed by atoms with E-state index in [0.29, 0.717) is 11.7 Å². The highest BCUT2D eigenvalue weighted by Gasteiger charge is 2.26. The van der Waals surface area contributed by atoms with Gasteiger partial charge >= 0.3 is 0 Å². The number of benzene rings is 8. The van der Waals surface area contributed by atoms with Crippen molar-refractivity contribution in [1.82, 2.24) is 19.1 Å². The predicted octanol–water partition coefficient (Wildman–Crippen LogP) is 13.6. The zero-order valence-electron chi connectivity index (χ0n) is 30.5. The van der Waals surface area contributed by atoms with Crippen LogP contribution in [0.4, 0.5) is 0 Å². The monoisotopic (exact) mass is 726 g/mol. The van der Waals surface area contributed by atoms with Crippen molar-refractivity contribution in [2.45, 2.75) is 0 Å². The van der Waals surface area contributed by atoms with Crippen LogP contribution in [0.5, 0.6) is 0 Å². The number of furan rings is 1. The van der Waals surface area contributed by atoms with Crippen LogP contribution in [-0.4, -0.2) is 19.1 Å². The molecule has 0 saturated carbocycles. The van der Waals surface area contributed by atoms with Crippen LogP contribution in [0.25, 0.3) is 122 Å². The summed E-state index contributed by atoms with van der Waals surface area (Å²) >= 11 is 0. The van der Waals surface area contributed by atoms with Gasteiger partial charge in [0, 0.05) is 43.6 Å². The van der Waals surface area contributed by atoms with Crippen molar-refractivity contribution in [1.29, 1.82) is 0 Å². The van der Waals surface area contributed by atoms with E-state index in [-0.39, 0.29) is 0 Å². The van der Waals surface area contributed by atoms with Crippen LogP contribution in [-0.2, 0) is 0 Å². The maximum atomic E-state index is 6.54. The summed E-state index contributed by atoms with van der Waals surface area (Å²) in [5.74, 6) is 0.569. The molecule has 12 aromatic rings. The average molecular weight is 727 g/mol. The van der Waals surface area contributed by atoms with Crippen molar-refractivity contribution in [2.75, 3.05) is 0 Å². The Balaban J connectivity index is 1.12. The molecule has 4 aromatic heterocycles. The van der Waals surface area contributed by atoms with Gasteiger partial charge in [0.1, 0.15) is 5.58 Å². The second-order valence-electron chi connectivity index (χ2n) is 14.9. The maximum Gasteiger partial charge on any atom is 0.238 e. The van der Waals surface area contributed by atoms with Crippen LogP contribution in [0.1, 0.15) is 0 Å². The van der Waals surface area contributed by atoms with Gasteiger partial charge in [-0.3, -0.25) is 4.57 Å². The first-order valence-electron chi connectivity index (χ1n) is 19.3. The van der Waals surface area contributed by atoms with Crippen molar-refractivity contribution >= 4 is 65.7 Å². The summed E-state index contributed by atoms with van der Waals surface area (Å²) < 4.78 is 11.2. The topological polar surface area (TPSA) is 48.8 Å². The van der Waals surface area contributed by atoms with E-state index in [4.69, 9.17) is 14.4 Å². The van der Waals surface area contributed by atoms with Crippen molar-refractivity contribution in [3.8, 4) is 56.3 Å². The molecule has 0 unspecified atom stereocenters. The number of rotatable bonds is 3. The van der Waals surface area contributed by atoms with Crippen molar-refractivity contribution < 1.29 is 4.42 Å². The molecule has 13 rings (SSSR count). The van der Waals surface area contributed by atoms with Gasteiger partial charge < -0.3 is 8.98 Å². The van der Waals surface area contributed by atoms with E-state index in [9.17, 15) is 0 Å². The minimum atomic E-state index is 0.564. The molecular formula is C52H30N4O. The van der Waals surface area contributed by atoms with Gasteiger partial charge in [0.05, 0.1) is 38.8 Å². The van der Waals surface area contributed by atoms with Crippen LogP contribution < -0.4 is 0 Å². The molecule has 0 fully saturated rings. The van der Waals surface area contributed by atoms with Gasteiger partial charge in [0.2, 0.25) is 11.7 Å². The number of nitrogens with zero attached hydrogens (tertiary/aromatic N) is 4. The molecular weight excluding hydrogens is 697 g/mol. The Hall–Kier alpha value is -7.76. The third-order valence-electron chi connectivity index (χ3n) is 11.9. The molecule has 1 aliphatic heterocycles. The van der Waals surface area contributed by atoms with E-state index >= 15 is 0 Å². The predicted molar refractivity (Wildman–Crippen MR) is 233 cm³/mol. The number of hydrogen-bond acceptors (Lipinski definition) is 3. The van der Waals surface area contributed by atoms with E-state index in [2.05, 4.69) is 167 Å². The normalized spacial score (nSPS) is 12.2. The lowest BCUT2D eigenvalue weighted by Crippen LogP contribution is -2.03. The summed E-state index contributed by atoms with van der Waals surface area (Å²) in [6, 6.07) is 64.9. The van der Waals surface area contributed by atoms with Gasteiger partial charge in [0.15, 0.2) is 0 Å². The van der Waals surface area contributed by atoms with Crippen LogP contribution in [0.15, 0.2) is 186 Å². The molecule has 0 radical (unpaired) electrons. The molecule has 0 aliphatic carbocycles. The number of fused-ring (bicyclic) bond motifs is 14. The number of aromatic nitrogens is 4. The molecule has 0 saturated heterocycles. The van der Waals surface area contributed by atoms with Crippen molar-refractivity contribution in [2.24, 2.45) is 0 Å². The summed E-state index contributed by atoms with van der Waals surface area (Å²) in [7, 11) is 0. The largest absolute Gasteiger partial charge is 0.437 e. The molecule has 0 amide bonds. The summed E-state index contributed by atoms with van der Waals surface area (Å²) in [6.07, 6.45) is 0. The molecule has 57 heavy (non-hydrogen) atoms. The average Bonchev–Trinajstić information content (AvgIpc) is 3.90. The third-order valence-corrected chi connectivity index (χ3v) is 11.9. The Bertz CT molecular complexity index is 3630. The lowest BCUT2D eigenvalue weighted by Gasteiger charge is -2.12. The van der Waals surface area contributed by atoms with Crippen LogP contribution in [0.2, 0.25) is 0 Å². The zero-order valence-corrected chi connectivity index (χ0v) is 30.5. The third kappa shape index (κ3) is 4.23. The minimum absolute atomic E-state index is 0.564. The molecule has 0 spiro atoms. The second kappa shape index (κ2) is 11.4. The lowest BCUT2D eigenvalue weighted by atomic mass is 9.94. The minimum Gasteiger partial charge on any atom is -0.437 e. The van der Waals surface area contributed by atoms with Gasteiger partial charge in [-0.2, -0.15) is 4.98 Å². The molecule has 0 atom stereocenters. The molecule has 264 valence electrons. The fourth-order valence-electron chi connectivity index (χ4n) is 9.43. The Morgan fingerprint density at radius 3 is 1.82 bits per heavy atom. The van der Waals surface area contributed by atoms with Gasteiger partial charge in [0.25, 0.3) is 0 Å². The first kappa shape index (κ1) is 30.6. The Morgan fingerprint density at radius 2 is 0.982 bits per heavy atom. The smallest absolute Gasteiger partial charge is 0.238 e. The Morgan fingerprint density at radius 1 is 0.386 bits per heavy atom. The first-order valence-corrected chi connectivity index (χ1v) is 19.3. The standard InChI is InChI=1S/C52H30N4O/c1-2-13-31(14-3-1)32-25-27-33(28-26-32)49-48-40-19-8-11-24-47(40)57-51(48)54-52(53-49)56-44-23-10-7-18-37(44)41-29-45-42(30-46(41)56)39-21-12-20-38-35-16-5-4-15-34(35)36-17-6-9-22-43(36)55(45)50(38)39/h1-30H. The summed E-state index contributed by atoms with van der Waals surface area (Å²) in [6.45, 7) is 0. The van der Waals surface area contributed by atoms with Crippen LogP contribution >= 0.6 is 0 Å². The van der Waals surface area contributed by atoms with Crippen molar-refractivity contribution in [3.05, 3.63) is 182 Å². The summed E-state index contributed by atoms with van der Waals surface area (Å²) in [5.41, 5.74) is 16.1. The van der Waals surface area contributed by atoms with E-state index in [0.717, 1.165) is 55.0 Å². The summed E-state index contributed by atoms with van der Waals surface area (Å²) in [5, 5.41) is 6.57. The highest BCUT2D eigenvalue weighted by atomic mass is 16.3. The second-order valence-corrected chi connectivity index (χ2v) is 14.9. The first-order chi connectivity index (χ1) is 28.3. The lowest BCUT2D eigenvalue weighted by molar-refractivity contribution is 0.651. The van der Waals surface area contributed by atoms with Crippen LogP contribution in [0.3, 0.4) is 0 Å². The molecule has 5 heterocycles. The van der Waals surface area contributed by atoms with Gasteiger partial charge in [-0.1, -0.05) is 152 Å². The van der Waals surface area contributed by atoms with E-state index in [1.165, 1.54) is 55.3 Å².